The van der Waals surface area contributed by atoms with Gasteiger partial charge < -0.3 is 14.5 Å². The molecule has 0 aromatic carbocycles. The Hall–Kier alpha value is -1.92. The van der Waals surface area contributed by atoms with Crippen molar-refractivity contribution in [3.05, 3.63) is 41.4 Å². The predicted octanol–water partition coefficient (Wildman–Crippen LogP) is 3.82. The second kappa shape index (κ2) is 6.69. The van der Waals surface area contributed by atoms with Gasteiger partial charge in [0.05, 0.1) is 11.6 Å². The molecule has 0 atom stereocenters. The second-order valence-corrected chi connectivity index (χ2v) is 5.52. The van der Waals surface area contributed by atoms with E-state index in [4.69, 9.17) is 9.15 Å². The maximum Gasteiger partial charge on any atom is 0.158 e. The van der Waals surface area contributed by atoms with Gasteiger partial charge in [0.15, 0.2) is 5.82 Å². The summed E-state index contributed by atoms with van der Waals surface area (Å²) in [6.45, 7) is 3.83. The average molecular weight is 303 g/mol. The number of rotatable bonds is 7. The molecule has 1 N–H and O–H groups in total. The molecule has 0 fully saturated rings. The van der Waals surface area contributed by atoms with Gasteiger partial charge in [-0.1, -0.05) is 6.92 Å². The monoisotopic (exact) mass is 303 g/mol. The topological polar surface area (TPSA) is 60.2 Å². The zero-order valence-electron chi connectivity index (χ0n) is 11.8. The summed E-state index contributed by atoms with van der Waals surface area (Å²) < 4.78 is 10.8. The third kappa shape index (κ3) is 3.40. The molecule has 6 heteroatoms. The molecule has 0 aliphatic rings. The lowest BCUT2D eigenvalue weighted by atomic mass is 10.3. The van der Waals surface area contributed by atoms with Gasteiger partial charge in [-0.2, -0.15) is 0 Å². The number of hydrogen-bond acceptors (Lipinski definition) is 6. The van der Waals surface area contributed by atoms with Crippen LogP contribution in [0, 0.1) is 0 Å². The van der Waals surface area contributed by atoms with Crippen LogP contribution in [-0.4, -0.2) is 16.5 Å². The van der Waals surface area contributed by atoms with E-state index < -0.39 is 0 Å². The highest BCUT2D eigenvalue weighted by molar-refractivity contribution is 7.16. The molecule has 21 heavy (non-hydrogen) atoms. The van der Waals surface area contributed by atoms with Crippen LogP contribution in [0.5, 0.6) is 0 Å². The highest BCUT2D eigenvalue weighted by atomic mass is 32.1. The van der Waals surface area contributed by atoms with Crippen LogP contribution in [0.15, 0.2) is 34.3 Å². The minimum Gasteiger partial charge on any atom is -0.467 e. The normalized spacial score (nSPS) is 11.1. The Morgan fingerprint density at radius 2 is 2.24 bits per heavy atom. The molecule has 3 rings (SSSR count). The van der Waals surface area contributed by atoms with E-state index in [9.17, 15) is 0 Å². The van der Waals surface area contributed by atoms with Crippen molar-refractivity contribution in [3.63, 3.8) is 0 Å². The third-order valence-electron chi connectivity index (χ3n) is 2.97. The number of furan rings is 1. The van der Waals surface area contributed by atoms with Crippen LogP contribution in [0.1, 0.15) is 24.9 Å². The highest BCUT2D eigenvalue weighted by Gasteiger charge is 2.09. The Morgan fingerprint density at radius 3 is 3.05 bits per heavy atom. The van der Waals surface area contributed by atoms with Crippen LogP contribution >= 0.6 is 11.3 Å². The maximum absolute atomic E-state index is 5.61. The molecule has 0 spiro atoms. The van der Waals surface area contributed by atoms with Crippen LogP contribution in [0.2, 0.25) is 0 Å². The van der Waals surface area contributed by atoms with Crippen LogP contribution in [0.25, 0.3) is 10.2 Å². The van der Waals surface area contributed by atoms with E-state index in [1.54, 1.807) is 17.6 Å². The zero-order valence-corrected chi connectivity index (χ0v) is 12.7. The molecule has 0 saturated carbocycles. The summed E-state index contributed by atoms with van der Waals surface area (Å²) in [5.41, 5.74) is 0. The summed E-state index contributed by atoms with van der Waals surface area (Å²) in [7, 11) is 0. The summed E-state index contributed by atoms with van der Waals surface area (Å²) >= 11 is 1.62. The fraction of sp³-hybridized carbons (Fsp3) is 0.333. The standard InChI is InChI=1S/C15H17N3O2S/c1-2-6-16-14-12-5-8-21-15(12)18-13(17-14)10-19-9-11-4-3-7-20-11/h3-5,7-8H,2,6,9-10H2,1H3,(H,16,17,18). The number of ether oxygens (including phenoxy) is 1. The molecule has 5 nitrogen and oxygen atoms in total. The van der Waals surface area contributed by atoms with Gasteiger partial charge >= 0.3 is 0 Å². The highest BCUT2D eigenvalue weighted by Crippen LogP contribution is 2.25. The van der Waals surface area contributed by atoms with Gasteiger partial charge in [-0.15, -0.1) is 11.3 Å². The minimum atomic E-state index is 0.370. The van der Waals surface area contributed by atoms with Gasteiger partial charge in [0.2, 0.25) is 0 Å². The van der Waals surface area contributed by atoms with Crippen molar-refractivity contribution in [2.24, 2.45) is 0 Å². The van der Waals surface area contributed by atoms with Gasteiger partial charge in [0.25, 0.3) is 0 Å². The summed E-state index contributed by atoms with van der Waals surface area (Å²) in [6, 6.07) is 5.78. The Bertz CT molecular complexity index is 694. The van der Waals surface area contributed by atoms with Gasteiger partial charge in [-0.3, -0.25) is 0 Å². The van der Waals surface area contributed by atoms with E-state index in [0.29, 0.717) is 19.0 Å². The lowest BCUT2D eigenvalue weighted by molar-refractivity contribution is 0.0884. The number of hydrogen-bond donors (Lipinski definition) is 1. The Morgan fingerprint density at radius 1 is 1.29 bits per heavy atom. The van der Waals surface area contributed by atoms with Crippen molar-refractivity contribution in [2.75, 3.05) is 11.9 Å². The van der Waals surface area contributed by atoms with Crippen molar-refractivity contribution in [1.82, 2.24) is 9.97 Å². The fourth-order valence-corrected chi connectivity index (χ4v) is 2.76. The average Bonchev–Trinajstić information content (AvgIpc) is 3.15. The van der Waals surface area contributed by atoms with Crippen molar-refractivity contribution in [2.45, 2.75) is 26.6 Å². The smallest absolute Gasteiger partial charge is 0.158 e. The summed E-state index contributed by atoms with van der Waals surface area (Å²) in [5, 5.41) is 6.45. The number of nitrogens with zero attached hydrogens (tertiary/aromatic N) is 2. The number of fused-ring (bicyclic) bond motifs is 1. The van der Waals surface area contributed by atoms with E-state index in [-0.39, 0.29) is 0 Å². The summed E-state index contributed by atoms with van der Waals surface area (Å²) in [4.78, 5) is 10.1. The number of anilines is 1. The van der Waals surface area contributed by atoms with Gasteiger partial charge in [-0.05, 0) is 30.0 Å². The number of nitrogens with one attached hydrogen (secondary N) is 1. The quantitative estimate of drug-likeness (QED) is 0.719. The maximum atomic E-state index is 5.61. The minimum absolute atomic E-state index is 0.370. The first-order valence-corrected chi connectivity index (χ1v) is 7.83. The second-order valence-electron chi connectivity index (χ2n) is 4.63. The number of aromatic nitrogens is 2. The predicted molar refractivity (Wildman–Crippen MR) is 83.4 cm³/mol. The molecular weight excluding hydrogens is 286 g/mol. The first-order chi connectivity index (χ1) is 10.4. The lowest BCUT2D eigenvalue weighted by Crippen LogP contribution is -2.06. The van der Waals surface area contributed by atoms with Crippen molar-refractivity contribution < 1.29 is 9.15 Å². The van der Waals surface area contributed by atoms with Gasteiger partial charge in [0, 0.05) is 6.54 Å². The molecular formula is C15H17N3O2S. The molecule has 0 aliphatic carbocycles. The van der Waals surface area contributed by atoms with E-state index in [2.05, 4.69) is 22.2 Å². The zero-order chi connectivity index (χ0) is 14.5. The molecule has 0 unspecified atom stereocenters. The Kier molecular flexibility index (Phi) is 4.47. The van der Waals surface area contributed by atoms with Crippen molar-refractivity contribution in [1.29, 1.82) is 0 Å². The number of thiophene rings is 1. The van der Waals surface area contributed by atoms with Gasteiger partial charge in [0.1, 0.15) is 29.6 Å². The molecule has 3 heterocycles. The lowest BCUT2D eigenvalue weighted by Gasteiger charge is -2.08. The first-order valence-electron chi connectivity index (χ1n) is 6.95. The summed E-state index contributed by atoms with van der Waals surface area (Å²) in [5.74, 6) is 2.38. The fourth-order valence-electron chi connectivity index (χ4n) is 1.98. The Balaban J connectivity index is 1.72. The molecule has 3 aromatic heterocycles. The van der Waals surface area contributed by atoms with Gasteiger partial charge in [-0.25, -0.2) is 9.97 Å². The first kappa shape index (κ1) is 14.0. The molecule has 0 aliphatic heterocycles. The largest absolute Gasteiger partial charge is 0.467 e. The van der Waals surface area contributed by atoms with E-state index >= 15 is 0 Å². The summed E-state index contributed by atoms with van der Waals surface area (Å²) in [6.07, 6.45) is 2.69. The van der Waals surface area contributed by atoms with Crippen molar-refractivity contribution in [3.8, 4) is 0 Å². The molecule has 0 saturated heterocycles. The molecule has 3 aromatic rings. The molecule has 0 amide bonds. The SMILES string of the molecule is CCCNc1nc(COCc2ccco2)nc2sccc12. The van der Waals surface area contributed by atoms with E-state index in [0.717, 1.165) is 34.8 Å². The molecule has 110 valence electrons. The molecule has 0 bridgehead atoms. The van der Waals surface area contributed by atoms with Crippen LogP contribution < -0.4 is 5.32 Å². The Labute approximate surface area is 127 Å². The molecule has 0 radical (unpaired) electrons. The van der Waals surface area contributed by atoms with Crippen LogP contribution in [0.3, 0.4) is 0 Å². The van der Waals surface area contributed by atoms with Crippen LogP contribution in [0.4, 0.5) is 5.82 Å². The van der Waals surface area contributed by atoms with Crippen LogP contribution in [-0.2, 0) is 18.0 Å². The van der Waals surface area contributed by atoms with E-state index in [1.807, 2.05) is 23.6 Å². The van der Waals surface area contributed by atoms with E-state index in [1.165, 1.54) is 0 Å². The third-order valence-corrected chi connectivity index (χ3v) is 3.78. The van der Waals surface area contributed by atoms with Crippen molar-refractivity contribution >= 4 is 27.4 Å².